The van der Waals surface area contributed by atoms with Crippen LogP contribution in [0.4, 0.5) is 0 Å². The van der Waals surface area contributed by atoms with Crippen LogP contribution in [0.15, 0.2) is 0 Å². The normalized spacial score (nSPS) is 12.3. The minimum atomic E-state index is -4.05. The fourth-order valence-electron chi connectivity index (χ4n) is 1.68. The Balaban J connectivity index is -0.000000490. The van der Waals surface area contributed by atoms with Gasteiger partial charge in [-0.1, -0.05) is 55.4 Å². The summed E-state index contributed by atoms with van der Waals surface area (Å²) in [7, 11) is -8.11. The first-order valence-electron chi connectivity index (χ1n) is 10.9. The summed E-state index contributed by atoms with van der Waals surface area (Å²) in [5, 5.41) is 0. The van der Waals surface area contributed by atoms with Gasteiger partial charge in [-0.25, -0.2) is 0 Å². The van der Waals surface area contributed by atoms with E-state index in [-0.39, 0.29) is 43.5 Å². The molecule has 0 aliphatic carbocycles. The average molecular weight is 538 g/mol. The molecule has 31 heavy (non-hydrogen) atoms. The van der Waals surface area contributed by atoms with Gasteiger partial charge in [-0.2, -0.15) is 0 Å². The van der Waals surface area contributed by atoms with E-state index in [1.165, 1.54) is 0 Å². The van der Waals surface area contributed by atoms with Crippen molar-refractivity contribution in [2.75, 3.05) is 26.4 Å². The molecule has 0 spiro atoms. The molecule has 0 aromatic rings. The predicted molar refractivity (Wildman–Crippen MR) is 117 cm³/mol. The first-order chi connectivity index (χ1) is 13.7. The Morgan fingerprint density at radius 2 is 0.677 bits per heavy atom. The van der Waals surface area contributed by atoms with E-state index < -0.39 is 15.6 Å². The van der Waals surface area contributed by atoms with Gasteiger partial charge in [0.1, 0.15) is 0 Å². The van der Waals surface area contributed by atoms with Crippen LogP contribution in [0.25, 0.3) is 0 Å². The third kappa shape index (κ3) is 30.7. The van der Waals surface area contributed by atoms with Crippen LogP contribution in [-0.2, 0) is 44.3 Å². The Bertz CT molecular complexity index is 422. The fourth-order valence-corrected chi connectivity index (χ4v) is 3.14. The first-order valence-corrected chi connectivity index (χ1v) is 13.8. The van der Waals surface area contributed by atoms with Crippen LogP contribution < -0.4 is 9.79 Å². The van der Waals surface area contributed by atoms with Crippen molar-refractivity contribution in [3.05, 3.63) is 0 Å². The van der Waals surface area contributed by atoms with Crippen LogP contribution in [0, 0.1) is 23.7 Å². The molecule has 0 amide bonds. The zero-order chi connectivity index (χ0) is 23.8. The van der Waals surface area contributed by atoms with E-state index in [9.17, 15) is 18.9 Å². The molecule has 0 heterocycles. The topological polar surface area (TPSA) is 117 Å². The van der Waals surface area contributed by atoms with Crippen molar-refractivity contribution in [2.45, 2.75) is 81.1 Å². The number of hydrogen-bond acceptors (Lipinski definition) is 8. The maximum Gasteiger partial charge on any atom is 2.00 e. The van der Waals surface area contributed by atoms with Crippen molar-refractivity contribution in [3.8, 4) is 0 Å². The maximum absolute atomic E-state index is 11.2. The molecule has 0 bridgehead atoms. The Morgan fingerprint density at radius 1 is 0.516 bits per heavy atom. The summed E-state index contributed by atoms with van der Waals surface area (Å²) >= 11 is 0. The van der Waals surface area contributed by atoms with Gasteiger partial charge in [0.15, 0.2) is 0 Å². The molecular formula is C20H44CuO8P2. The number of phosphoric ester groups is 2. The van der Waals surface area contributed by atoms with E-state index in [4.69, 9.17) is 18.1 Å². The molecule has 8 nitrogen and oxygen atoms in total. The van der Waals surface area contributed by atoms with Gasteiger partial charge < -0.3 is 27.9 Å². The molecule has 193 valence electrons. The fraction of sp³-hybridized carbons (Fsp3) is 1.00. The third-order valence-corrected chi connectivity index (χ3v) is 5.77. The zero-order valence-electron chi connectivity index (χ0n) is 20.4. The van der Waals surface area contributed by atoms with E-state index in [1.807, 2.05) is 55.4 Å². The zero-order valence-corrected chi connectivity index (χ0v) is 23.2. The van der Waals surface area contributed by atoms with E-state index in [1.54, 1.807) is 0 Å². The van der Waals surface area contributed by atoms with Gasteiger partial charge in [-0.15, -0.1) is 0 Å². The quantitative estimate of drug-likeness (QED) is 0.196. The van der Waals surface area contributed by atoms with Crippen LogP contribution in [-0.4, -0.2) is 26.4 Å². The molecule has 0 aromatic carbocycles. The minimum absolute atomic E-state index is 0. The molecule has 0 rings (SSSR count). The minimum Gasteiger partial charge on any atom is -0.756 e. The molecule has 0 saturated carbocycles. The van der Waals surface area contributed by atoms with Crippen molar-refractivity contribution in [3.63, 3.8) is 0 Å². The molecule has 0 aliphatic rings. The Labute approximate surface area is 200 Å². The summed E-state index contributed by atoms with van der Waals surface area (Å²) in [6, 6.07) is 0. The van der Waals surface area contributed by atoms with Gasteiger partial charge in [0.25, 0.3) is 15.6 Å². The van der Waals surface area contributed by atoms with Crippen LogP contribution in [0.3, 0.4) is 0 Å². The summed E-state index contributed by atoms with van der Waals surface area (Å²) in [5.41, 5.74) is 0. The smallest absolute Gasteiger partial charge is 0.756 e. The second-order valence-electron chi connectivity index (χ2n) is 8.96. The monoisotopic (exact) mass is 537 g/mol. The second kappa shape index (κ2) is 20.1. The summed E-state index contributed by atoms with van der Waals surface area (Å²) in [5.74, 6) is 1.72. The van der Waals surface area contributed by atoms with Crippen LogP contribution in [0.5, 0.6) is 0 Å². The van der Waals surface area contributed by atoms with Crippen molar-refractivity contribution in [1.29, 1.82) is 0 Å². The molecule has 0 atom stereocenters. The standard InChI is InChI=1S/2C10H23O4P.Cu/c2*1-9(2)5-7-13-15(11,12)14-8-6-10(3)4;/h2*9-10H,5-8H2,1-4H3,(H,11,12);/q;;+2/p-2. The number of rotatable bonds is 16. The van der Waals surface area contributed by atoms with E-state index in [0.717, 1.165) is 25.7 Å². The van der Waals surface area contributed by atoms with Crippen LogP contribution in [0.2, 0.25) is 0 Å². The molecule has 0 aliphatic heterocycles. The predicted octanol–water partition coefficient (Wildman–Crippen LogP) is 5.16. The Morgan fingerprint density at radius 3 is 0.806 bits per heavy atom. The second-order valence-corrected chi connectivity index (χ2v) is 11.8. The number of phosphoric acid groups is 2. The molecule has 1 radical (unpaired) electrons. The molecule has 0 unspecified atom stereocenters. The third-order valence-electron chi connectivity index (χ3n) is 3.78. The van der Waals surface area contributed by atoms with Crippen LogP contribution >= 0.6 is 15.6 Å². The van der Waals surface area contributed by atoms with Gasteiger partial charge in [-0.05, 0) is 49.4 Å². The van der Waals surface area contributed by atoms with Gasteiger partial charge in [0.2, 0.25) is 0 Å². The van der Waals surface area contributed by atoms with E-state index in [0.29, 0.717) is 23.7 Å². The summed E-state index contributed by atoms with van der Waals surface area (Å²) in [4.78, 5) is 22.4. The van der Waals surface area contributed by atoms with Crippen LogP contribution in [0.1, 0.15) is 81.1 Å². The van der Waals surface area contributed by atoms with Gasteiger partial charge in [0, 0.05) is 0 Å². The SMILES string of the molecule is CC(C)CCOP(=O)([O-])OCCC(C)C.CC(C)CCOP(=O)([O-])OCCC(C)C.[Cu+2]. The molecule has 11 heteroatoms. The summed E-state index contributed by atoms with van der Waals surface area (Å²) in [6.07, 6.45) is 2.89. The van der Waals surface area contributed by atoms with Crippen molar-refractivity contribution in [2.24, 2.45) is 23.7 Å². The van der Waals surface area contributed by atoms with Crippen molar-refractivity contribution < 1.29 is 54.1 Å². The first kappa shape index (κ1) is 36.3. The molecule has 0 fully saturated rings. The van der Waals surface area contributed by atoms with Crippen molar-refractivity contribution >= 4 is 15.6 Å². The van der Waals surface area contributed by atoms with Gasteiger partial charge in [-0.3, -0.25) is 9.13 Å². The van der Waals surface area contributed by atoms with Gasteiger partial charge in [0.05, 0.1) is 26.4 Å². The maximum atomic E-state index is 11.2. The molecule has 0 N–H and O–H groups in total. The molecule has 0 aromatic heterocycles. The average Bonchev–Trinajstić information content (AvgIpc) is 2.53. The van der Waals surface area contributed by atoms with E-state index in [2.05, 4.69) is 0 Å². The summed E-state index contributed by atoms with van der Waals surface area (Å²) < 4.78 is 41.2. The largest absolute Gasteiger partial charge is 2.00 e. The van der Waals surface area contributed by atoms with Gasteiger partial charge >= 0.3 is 17.1 Å². The number of hydrogen-bond donors (Lipinski definition) is 0. The molecule has 0 saturated heterocycles. The summed E-state index contributed by atoms with van der Waals surface area (Å²) in [6.45, 7) is 16.9. The molecular weight excluding hydrogens is 494 g/mol. The van der Waals surface area contributed by atoms with Crippen molar-refractivity contribution in [1.82, 2.24) is 0 Å². The Hall–Kier alpha value is 0.739. The van der Waals surface area contributed by atoms with E-state index >= 15 is 0 Å². The Kier molecular flexibility index (Phi) is 23.6.